The van der Waals surface area contributed by atoms with Crippen molar-refractivity contribution < 1.29 is 9.18 Å². The van der Waals surface area contributed by atoms with Gasteiger partial charge in [0.1, 0.15) is 5.82 Å². The lowest BCUT2D eigenvalue weighted by atomic mass is 10.1. The minimum Gasteiger partial charge on any atom is -0.353 e. The van der Waals surface area contributed by atoms with Gasteiger partial charge in [0.2, 0.25) is 0 Å². The van der Waals surface area contributed by atoms with Gasteiger partial charge >= 0.3 is 0 Å². The Hall–Kier alpha value is -3.15. The van der Waals surface area contributed by atoms with E-state index in [0.717, 1.165) is 36.5 Å². The van der Waals surface area contributed by atoms with Crippen LogP contribution in [0.5, 0.6) is 0 Å². The first-order valence-electron chi connectivity index (χ1n) is 9.58. The van der Waals surface area contributed by atoms with Crippen molar-refractivity contribution in [2.45, 2.75) is 25.8 Å². The molecular formula is C22H23FN4O. The van der Waals surface area contributed by atoms with E-state index in [2.05, 4.69) is 27.3 Å². The zero-order chi connectivity index (χ0) is 19.5. The van der Waals surface area contributed by atoms with Gasteiger partial charge in [0, 0.05) is 30.8 Å². The number of carbonyl (C=O) groups excluding carboxylic acids is 1. The molecule has 1 fully saturated rings. The molecular weight excluding hydrogens is 355 g/mol. The molecule has 1 saturated heterocycles. The molecule has 1 atom stereocenters. The van der Waals surface area contributed by atoms with Gasteiger partial charge in [-0.25, -0.2) is 4.39 Å². The van der Waals surface area contributed by atoms with Crippen LogP contribution in [0.3, 0.4) is 0 Å². The van der Waals surface area contributed by atoms with Crippen molar-refractivity contribution in [1.29, 1.82) is 0 Å². The van der Waals surface area contributed by atoms with Gasteiger partial charge in [-0.3, -0.25) is 9.89 Å². The Balaban J connectivity index is 1.37. The normalized spacial score (nSPS) is 16.4. The van der Waals surface area contributed by atoms with Gasteiger partial charge in [-0.05, 0) is 60.4 Å². The van der Waals surface area contributed by atoms with Crippen molar-refractivity contribution in [2.24, 2.45) is 0 Å². The molecule has 2 N–H and O–H groups in total. The fraction of sp³-hybridized carbons (Fsp3) is 0.273. The number of benzene rings is 2. The lowest BCUT2D eigenvalue weighted by Crippen LogP contribution is -2.37. The predicted molar refractivity (Wildman–Crippen MR) is 108 cm³/mol. The molecule has 144 valence electrons. The van der Waals surface area contributed by atoms with Crippen molar-refractivity contribution >= 4 is 11.7 Å². The Labute approximate surface area is 163 Å². The molecule has 5 nitrogen and oxygen atoms in total. The van der Waals surface area contributed by atoms with E-state index in [1.807, 2.05) is 30.3 Å². The van der Waals surface area contributed by atoms with Gasteiger partial charge in [0.25, 0.3) is 5.91 Å². The Morgan fingerprint density at radius 3 is 2.68 bits per heavy atom. The van der Waals surface area contributed by atoms with Crippen molar-refractivity contribution in [1.82, 2.24) is 15.5 Å². The van der Waals surface area contributed by atoms with Crippen molar-refractivity contribution in [3.8, 4) is 11.3 Å². The molecule has 1 unspecified atom stereocenters. The molecule has 0 aliphatic carbocycles. The number of hydrogen-bond donors (Lipinski definition) is 2. The van der Waals surface area contributed by atoms with E-state index in [1.54, 1.807) is 12.1 Å². The Kier molecular flexibility index (Phi) is 5.10. The summed E-state index contributed by atoms with van der Waals surface area (Å²) in [6.45, 7) is 3.64. The van der Waals surface area contributed by atoms with Crippen LogP contribution in [0, 0.1) is 5.82 Å². The minimum atomic E-state index is -0.258. The van der Waals surface area contributed by atoms with Crippen LogP contribution in [0.1, 0.15) is 29.3 Å². The van der Waals surface area contributed by atoms with Crippen molar-refractivity contribution in [3.63, 3.8) is 0 Å². The SMILES string of the molecule is CCc1ccc(C(=O)NC2CCN(c3cc(-c4ccc(F)cc4)[nH]n3)C2)cc1. The van der Waals surface area contributed by atoms with E-state index in [4.69, 9.17) is 0 Å². The summed E-state index contributed by atoms with van der Waals surface area (Å²) in [5, 5.41) is 10.5. The second-order valence-electron chi connectivity index (χ2n) is 7.10. The summed E-state index contributed by atoms with van der Waals surface area (Å²) < 4.78 is 13.1. The Morgan fingerprint density at radius 2 is 1.96 bits per heavy atom. The number of carbonyl (C=O) groups is 1. The molecule has 0 spiro atoms. The third-order valence-electron chi connectivity index (χ3n) is 5.19. The first-order valence-corrected chi connectivity index (χ1v) is 9.58. The maximum atomic E-state index is 13.1. The van der Waals surface area contributed by atoms with Crippen LogP contribution in [0.4, 0.5) is 10.2 Å². The van der Waals surface area contributed by atoms with Crippen LogP contribution in [0.25, 0.3) is 11.3 Å². The molecule has 2 heterocycles. The molecule has 1 aromatic heterocycles. The zero-order valence-electron chi connectivity index (χ0n) is 15.8. The summed E-state index contributed by atoms with van der Waals surface area (Å²) in [5.41, 5.74) is 3.64. The molecule has 1 aliphatic rings. The van der Waals surface area contributed by atoms with Crippen LogP contribution in [-0.4, -0.2) is 35.2 Å². The van der Waals surface area contributed by atoms with Crippen LogP contribution in [0.2, 0.25) is 0 Å². The molecule has 0 bridgehead atoms. The van der Waals surface area contributed by atoms with E-state index < -0.39 is 0 Å². The van der Waals surface area contributed by atoms with E-state index >= 15 is 0 Å². The highest BCUT2D eigenvalue weighted by Gasteiger charge is 2.26. The number of aromatic nitrogens is 2. The van der Waals surface area contributed by atoms with Gasteiger partial charge in [0.05, 0.1) is 5.69 Å². The summed E-state index contributed by atoms with van der Waals surface area (Å²) in [4.78, 5) is 14.6. The van der Waals surface area contributed by atoms with E-state index in [0.29, 0.717) is 12.1 Å². The number of nitrogens with one attached hydrogen (secondary N) is 2. The highest BCUT2D eigenvalue weighted by atomic mass is 19.1. The van der Waals surface area contributed by atoms with Crippen LogP contribution in [0.15, 0.2) is 54.6 Å². The monoisotopic (exact) mass is 378 g/mol. The Morgan fingerprint density at radius 1 is 1.21 bits per heavy atom. The molecule has 6 heteroatoms. The fourth-order valence-corrected chi connectivity index (χ4v) is 3.50. The summed E-state index contributed by atoms with van der Waals surface area (Å²) in [5.74, 6) is 0.540. The highest BCUT2D eigenvalue weighted by molar-refractivity contribution is 5.94. The standard InChI is InChI=1S/C22H23FN4O/c1-2-15-3-5-17(6-4-15)22(28)24-19-11-12-27(14-19)21-13-20(25-26-21)16-7-9-18(23)10-8-16/h3-10,13,19H,2,11-12,14H2,1H3,(H,24,28)(H,25,26). The lowest BCUT2D eigenvalue weighted by Gasteiger charge is -2.16. The van der Waals surface area contributed by atoms with Crippen LogP contribution < -0.4 is 10.2 Å². The molecule has 28 heavy (non-hydrogen) atoms. The van der Waals surface area contributed by atoms with Gasteiger partial charge in [0.15, 0.2) is 5.82 Å². The summed E-state index contributed by atoms with van der Waals surface area (Å²) in [6.07, 6.45) is 1.83. The van der Waals surface area contributed by atoms with E-state index in [1.165, 1.54) is 17.7 Å². The molecule has 4 rings (SSSR count). The zero-order valence-corrected chi connectivity index (χ0v) is 15.8. The quantitative estimate of drug-likeness (QED) is 0.710. The third-order valence-corrected chi connectivity index (χ3v) is 5.19. The number of amides is 1. The molecule has 0 radical (unpaired) electrons. The van der Waals surface area contributed by atoms with Crippen LogP contribution >= 0.6 is 0 Å². The maximum absolute atomic E-state index is 13.1. The number of anilines is 1. The number of rotatable bonds is 5. The number of aromatic amines is 1. The smallest absolute Gasteiger partial charge is 0.251 e. The lowest BCUT2D eigenvalue weighted by molar-refractivity contribution is 0.0940. The summed E-state index contributed by atoms with van der Waals surface area (Å²) in [7, 11) is 0. The third kappa shape index (κ3) is 3.91. The predicted octanol–water partition coefficient (Wildman–Crippen LogP) is 3.79. The Bertz CT molecular complexity index is 949. The van der Waals surface area contributed by atoms with Gasteiger partial charge in [-0.1, -0.05) is 19.1 Å². The molecule has 2 aromatic carbocycles. The topological polar surface area (TPSA) is 61.0 Å². The number of H-pyrrole nitrogens is 1. The maximum Gasteiger partial charge on any atom is 0.251 e. The van der Waals surface area contributed by atoms with Gasteiger partial charge in [-0.2, -0.15) is 5.10 Å². The second-order valence-corrected chi connectivity index (χ2v) is 7.10. The first kappa shape index (κ1) is 18.2. The number of aryl methyl sites for hydroxylation is 1. The largest absolute Gasteiger partial charge is 0.353 e. The molecule has 1 aliphatic heterocycles. The number of nitrogens with zero attached hydrogens (tertiary/aromatic N) is 2. The minimum absolute atomic E-state index is 0.0384. The van der Waals surface area contributed by atoms with Crippen LogP contribution in [-0.2, 0) is 6.42 Å². The molecule has 0 saturated carbocycles. The molecule has 1 amide bonds. The second kappa shape index (κ2) is 7.84. The van der Waals surface area contributed by atoms with E-state index in [9.17, 15) is 9.18 Å². The molecule has 3 aromatic rings. The summed E-state index contributed by atoms with van der Waals surface area (Å²) >= 11 is 0. The van der Waals surface area contributed by atoms with Crippen molar-refractivity contribution in [3.05, 3.63) is 71.5 Å². The van der Waals surface area contributed by atoms with Crippen molar-refractivity contribution in [2.75, 3.05) is 18.0 Å². The summed E-state index contributed by atoms with van der Waals surface area (Å²) in [6, 6.07) is 16.1. The van der Waals surface area contributed by atoms with Gasteiger partial charge < -0.3 is 10.2 Å². The average Bonchev–Trinajstić information content (AvgIpc) is 3.38. The fourth-order valence-electron chi connectivity index (χ4n) is 3.50. The van der Waals surface area contributed by atoms with Gasteiger partial charge in [-0.15, -0.1) is 0 Å². The number of hydrogen-bond acceptors (Lipinski definition) is 3. The highest BCUT2D eigenvalue weighted by Crippen LogP contribution is 2.24. The first-order chi connectivity index (χ1) is 13.6. The van der Waals surface area contributed by atoms with E-state index in [-0.39, 0.29) is 17.8 Å². The average molecular weight is 378 g/mol. The number of halogens is 1.